The van der Waals surface area contributed by atoms with Crippen LogP contribution in [0.1, 0.15) is 36.6 Å². The van der Waals surface area contributed by atoms with Gasteiger partial charge in [-0.15, -0.1) is 0 Å². The van der Waals surface area contributed by atoms with E-state index in [2.05, 4.69) is 22.3 Å². The van der Waals surface area contributed by atoms with Crippen LogP contribution in [0.15, 0.2) is 53.5 Å². The number of hydrogen-bond acceptors (Lipinski definition) is 6. The lowest BCUT2D eigenvalue weighted by atomic mass is 9.91. The largest absolute Gasteiger partial charge is 0.494 e. The minimum absolute atomic E-state index is 0.206. The van der Waals surface area contributed by atoms with Crippen molar-refractivity contribution in [1.29, 1.82) is 0 Å². The van der Waals surface area contributed by atoms with Crippen LogP contribution in [0.25, 0.3) is 0 Å². The highest BCUT2D eigenvalue weighted by Crippen LogP contribution is 2.32. The molecule has 2 aromatic rings. The van der Waals surface area contributed by atoms with Crippen molar-refractivity contribution < 1.29 is 19.1 Å². The molecular formula is C24H27N3O4. The molecule has 7 nitrogen and oxygen atoms in total. The van der Waals surface area contributed by atoms with Gasteiger partial charge in [0.2, 0.25) is 11.9 Å². The molecule has 0 aromatic heterocycles. The van der Waals surface area contributed by atoms with Gasteiger partial charge >= 0.3 is 5.97 Å². The predicted octanol–water partition coefficient (Wildman–Crippen LogP) is 2.85. The Morgan fingerprint density at radius 2 is 1.84 bits per heavy atom. The normalized spacial score (nSPS) is 20.4. The van der Waals surface area contributed by atoms with Crippen LogP contribution in [0.3, 0.4) is 0 Å². The fourth-order valence-corrected chi connectivity index (χ4v) is 4.07. The topological polar surface area (TPSA) is 80.2 Å². The van der Waals surface area contributed by atoms with E-state index in [1.54, 1.807) is 6.92 Å². The number of carbonyl (C=O) groups is 2. The second kappa shape index (κ2) is 9.20. The number of rotatable bonds is 5. The van der Waals surface area contributed by atoms with E-state index >= 15 is 0 Å². The Hall–Kier alpha value is -3.35. The van der Waals surface area contributed by atoms with E-state index in [4.69, 9.17) is 14.5 Å². The van der Waals surface area contributed by atoms with Gasteiger partial charge in [0.1, 0.15) is 11.8 Å². The summed E-state index contributed by atoms with van der Waals surface area (Å²) in [5, 5.41) is 2.85. The zero-order chi connectivity index (χ0) is 21.8. The molecule has 2 atom stereocenters. The molecule has 0 saturated carbocycles. The molecule has 0 spiro atoms. The van der Waals surface area contributed by atoms with Crippen molar-refractivity contribution in [2.45, 2.75) is 32.9 Å². The number of esters is 1. The summed E-state index contributed by atoms with van der Waals surface area (Å²) in [5.41, 5.74) is 3.30. The third-order valence-electron chi connectivity index (χ3n) is 5.60. The minimum Gasteiger partial charge on any atom is -0.494 e. The van der Waals surface area contributed by atoms with Crippen LogP contribution >= 0.6 is 0 Å². The van der Waals surface area contributed by atoms with Crippen molar-refractivity contribution in [3.63, 3.8) is 0 Å². The zero-order valence-electron chi connectivity index (χ0n) is 17.8. The number of guanidine groups is 1. The van der Waals surface area contributed by atoms with Crippen LogP contribution < -0.4 is 10.1 Å². The molecule has 2 aliphatic rings. The molecule has 0 fully saturated rings. The smallest absolute Gasteiger partial charge is 0.321 e. The third kappa shape index (κ3) is 4.40. The molecule has 0 bridgehead atoms. The molecule has 2 aliphatic heterocycles. The monoisotopic (exact) mass is 421 g/mol. The Kier molecular flexibility index (Phi) is 6.21. The van der Waals surface area contributed by atoms with E-state index in [1.165, 1.54) is 11.1 Å². The zero-order valence-corrected chi connectivity index (χ0v) is 17.8. The Morgan fingerprint density at radius 3 is 2.55 bits per heavy atom. The molecule has 4 rings (SSSR count). The number of carbonyl (C=O) groups excluding carboxylic acids is 2. The molecule has 7 heteroatoms. The highest BCUT2D eigenvalue weighted by atomic mass is 16.5. The molecule has 0 saturated heterocycles. The maximum Gasteiger partial charge on any atom is 0.321 e. The quantitative estimate of drug-likeness (QED) is 0.593. The fraction of sp³-hybridized carbons (Fsp3) is 0.375. The molecule has 162 valence electrons. The first-order chi connectivity index (χ1) is 15.1. The molecule has 2 heterocycles. The summed E-state index contributed by atoms with van der Waals surface area (Å²) >= 11 is 0. The standard InChI is InChI=1S/C24H27N3O4/c1-3-30-19-11-9-17(10-12-19)21-20(23(29)31-4-2)22(28)26-24(25-21)27-14-13-16-7-5-6-8-18(16)15-27/h5-12,20-21H,3-4,13-15H2,1-2H3,(H,25,26,28)/t20-,21-/m0/s1. The number of fused-ring (bicyclic) bond motifs is 1. The lowest BCUT2D eigenvalue weighted by molar-refractivity contribution is -0.153. The predicted molar refractivity (Wildman–Crippen MR) is 117 cm³/mol. The summed E-state index contributed by atoms with van der Waals surface area (Å²) < 4.78 is 10.7. The molecule has 31 heavy (non-hydrogen) atoms. The van der Waals surface area contributed by atoms with Crippen molar-refractivity contribution in [3.8, 4) is 5.75 Å². The van der Waals surface area contributed by atoms with Crippen LogP contribution in [-0.4, -0.2) is 42.5 Å². The Bertz CT molecular complexity index is 987. The van der Waals surface area contributed by atoms with Crippen molar-refractivity contribution >= 4 is 17.8 Å². The summed E-state index contributed by atoms with van der Waals surface area (Å²) in [7, 11) is 0. The van der Waals surface area contributed by atoms with Gasteiger partial charge in [0.05, 0.1) is 13.2 Å². The first-order valence-electron chi connectivity index (χ1n) is 10.7. The molecule has 0 aliphatic carbocycles. The van der Waals surface area contributed by atoms with Gasteiger partial charge in [-0.2, -0.15) is 0 Å². The first kappa shape index (κ1) is 20.9. The van der Waals surface area contributed by atoms with Crippen molar-refractivity contribution in [3.05, 3.63) is 65.2 Å². The summed E-state index contributed by atoms with van der Waals surface area (Å²) in [6, 6.07) is 15.0. The summed E-state index contributed by atoms with van der Waals surface area (Å²) in [5.74, 6) is -0.749. The molecule has 0 unspecified atom stereocenters. The molecule has 2 aromatic carbocycles. The van der Waals surface area contributed by atoms with Crippen molar-refractivity contribution in [2.75, 3.05) is 19.8 Å². The Labute approximate surface area is 182 Å². The van der Waals surface area contributed by atoms with E-state index in [0.717, 1.165) is 24.3 Å². The number of nitrogens with zero attached hydrogens (tertiary/aromatic N) is 2. The van der Waals surface area contributed by atoms with Gasteiger partial charge in [-0.3, -0.25) is 14.9 Å². The number of amides is 1. The van der Waals surface area contributed by atoms with Gasteiger partial charge in [0.25, 0.3) is 0 Å². The molecule has 1 N–H and O–H groups in total. The van der Waals surface area contributed by atoms with Gasteiger partial charge in [0.15, 0.2) is 5.92 Å². The maximum atomic E-state index is 13.0. The highest BCUT2D eigenvalue weighted by Gasteiger charge is 2.42. The lowest BCUT2D eigenvalue weighted by Gasteiger charge is -2.36. The average molecular weight is 421 g/mol. The van der Waals surface area contributed by atoms with E-state index in [9.17, 15) is 9.59 Å². The van der Waals surface area contributed by atoms with Crippen molar-refractivity contribution in [1.82, 2.24) is 10.2 Å². The van der Waals surface area contributed by atoms with Crippen molar-refractivity contribution in [2.24, 2.45) is 10.9 Å². The molecule has 0 radical (unpaired) electrons. The van der Waals surface area contributed by atoms with E-state index < -0.39 is 17.9 Å². The van der Waals surface area contributed by atoms with E-state index in [0.29, 0.717) is 19.1 Å². The molecule has 1 amide bonds. The summed E-state index contributed by atoms with van der Waals surface area (Å²) in [6.07, 6.45) is 0.875. The maximum absolute atomic E-state index is 13.0. The van der Waals surface area contributed by atoms with Crippen LogP contribution in [0.5, 0.6) is 5.75 Å². The summed E-state index contributed by atoms with van der Waals surface area (Å²) in [6.45, 7) is 5.83. The number of nitrogens with one attached hydrogen (secondary N) is 1. The Morgan fingerprint density at radius 1 is 1.10 bits per heavy atom. The second-order valence-electron chi connectivity index (χ2n) is 7.56. The van der Waals surface area contributed by atoms with Gasteiger partial charge in [-0.1, -0.05) is 36.4 Å². The van der Waals surface area contributed by atoms with Gasteiger partial charge in [-0.25, -0.2) is 4.99 Å². The molecular weight excluding hydrogens is 394 g/mol. The minimum atomic E-state index is -1.03. The van der Waals surface area contributed by atoms with Crippen LogP contribution in [0, 0.1) is 5.92 Å². The SMILES string of the molecule is CCOC(=O)[C@@H]1C(=O)NC(N2CCc3ccccc3C2)=N[C@H]1c1ccc(OCC)cc1. The number of aliphatic imine (C=N–C) groups is 1. The fourth-order valence-electron chi connectivity index (χ4n) is 4.07. The first-order valence-corrected chi connectivity index (χ1v) is 10.7. The average Bonchev–Trinajstić information content (AvgIpc) is 2.79. The Balaban J connectivity index is 1.66. The van der Waals surface area contributed by atoms with Crippen LogP contribution in [0.4, 0.5) is 0 Å². The van der Waals surface area contributed by atoms with Crippen LogP contribution in [0.2, 0.25) is 0 Å². The van der Waals surface area contributed by atoms with Crippen LogP contribution in [-0.2, 0) is 27.3 Å². The van der Waals surface area contributed by atoms with E-state index in [1.807, 2.05) is 43.3 Å². The lowest BCUT2D eigenvalue weighted by Crippen LogP contribution is -2.53. The van der Waals surface area contributed by atoms with Gasteiger partial charge in [-0.05, 0) is 49.1 Å². The third-order valence-corrected chi connectivity index (χ3v) is 5.60. The number of benzene rings is 2. The van der Waals surface area contributed by atoms with Gasteiger partial charge in [0, 0.05) is 13.1 Å². The summed E-state index contributed by atoms with van der Waals surface area (Å²) in [4.78, 5) is 32.5. The highest BCUT2D eigenvalue weighted by molar-refractivity contribution is 6.08. The second-order valence-corrected chi connectivity index (χ2v) is 7.56. The van der Waals surface area contributed by atoms with Gasteiger partial charge < -0.3 is 14.4 Å². The van der Waals surface area contributed by atoms with E-state index in [-0.39, 0.29) is 12.5 Å². The number of ether oxygens (including phenoxy) is 2. The number of hydrogen-bond donors (Lipinski definition) is 1.